The van der Waals surface area contributed by atoms with Crippen molar-refractivity contribution in [2.45, 2.75) is 44.7 Å². The van der Waals surface area contributed by atoms with Crippen molar-refractivity contribution in [2.75, 3.05) is 12.3 Å². The van der Waals surface area contributed by atoms with Crippen LogP contribution in [0.3, 0.4) is 0 Å². The molecule has 0 aliphatic rings. The van der Waals surface area contributed by atoms with Crippen molar-refractivity contribution >= 4 is 35.2 Å². The summed E-state index contributed by atoms with van der Waals surface area (Å²) in [4.78, 5) is 29.8. The molecule has 1 N–H and O–H groups in total. The zero-order chi connectivity index (χ0) is 25.2. The minimum atomic E-state index is -0.617. The second-order valence-corrected chi connectivity index (χ2v) is 10.5. The van der Waals surface area contributed by atoms with Crippen molar-refractivity contribution in [1.82, 2.24) is 10.2 Å². The van der Waals surface area contributed by atoms with Gasteiger partial charge < -0.3 is 10.2 Å². The van der Waals surface area contributed by atoms with Crippen LogP contribution in [0.25, 0.3) is 0 Å². The highest BCUT2D eigenvalue weighted by Gasteiger charge is 2.30. The lowest BCUT2D eigenvalue weighted by molar-refractivity contribution is -0.139. The average Bonchev–Trinajstić information content (AvgIpc) is 2.85. The van der Waals surface area contributed by atoms with Gasteiger partial charge >= 0.3 is 0 Å². The molecular weight excluding hydrogens is 476 g/mol. The quantitative estimate of drug-likeness (QED) is 0.316. The Morgan fingerprint density at radius 2 is 1.60 bits per heavy atom. The van der Waals surface area contributed by atoms with Gasteiger partial charge in [0, 0.05) is 29.4 Å². The summed E-state index contributed by atoms with van der Waals surface area (Å²) in [6, 6.07) is 24.7. The van der Waals surface area contributed by atoms with Gasteiger partial charge in [-0.25, -0.2) is 0 Å². The number of amides is 2. The van der Waals surface area contributed by atoms with Gasteiger partial charge in [0.1, 0.15) is 6.04 Å². The van der Waals surface area contributed by atoms with Gasteiger partial charge in [-0.05, 0) is 53.8 Å². The maximum absolute atomic E-state index is 13.7. The monoisotopic (exact) mass is 508 g/mol. The van der Waals surface area contributed by atoms with Crippen LogP contribution >= 0.6 is 23.4 Å². The minimum absolute atomic E-state index is 0.0752. The van der Waals surface area contributed by atoms with E-state index in [1.165, 1.54) is 11.8 Å². The van der Waals surface area contributed by atoms with Gasteiger partial charge in [0.15, 0.2) is 0 Å². The summed E-state index contributed by atoms with van der Waals surface area (Å²) in [7, 11) is 0. The molecule has 3 aromatic carbocycles. The highest BCUT2D eigenvalue weighted by molar-refractivity contribution is 8.00. The molecule has 0 aromatic heterocycles. The van der Waals surface area contributed by atoms with Gasteiger partial charge in [-0.1, -0.05) is 80.0 Å². The van der Waals surface area contributed by atoms with Gasteiger partial charge in [-0.3, -0.25) is 9.59 Å². The van der Waals surface area contributed by atoms with Crippen LogP contribution in [0, 0.1) is 12.8 Å². The van der Waals surface area contributed by atoms with Crippen LogP contribution in [0.2, 0.25) is 5.02 Å². The standard InChI is InChI=1S/C29H33ClN2O2S/c1-21(2)18-31-29(34)27(17-23-10-5-4-6-11-23)32(19-24-12-8-7-9-22(24)3)28(33)20-35-26-15-13-25(30)14-16-26/h4-16,21,27H,17-20H2,1-3H3,(H,31,34)/t27-/m1/s1. The Bertz CT molecular complexity index is 1100. The Morgan fingerprint density at radius 1 is 0.943 bits per heavy atom. The molecule has 4 nitrogen and oxygen atoms in total. The number of hydrogen-bond donors (Lipinski definition) is 1. The lowest BCUT2D eigenvalue weighted by Gasteiger charge is -2.32. The fraction of sp³-hybridized carbons (Fsp3) is 0.310. The molecule has 2 amide bonds. The average molecular weight is 509 g/mol. The SMILES string of the molecule is Cc1ccccc1CN(C(=O)CSc1ccc(Cl)cc1)[C@H](Cc1ccccc1)C(=O)NCC(C)C. The summed E-state index contributed by atoms with van der Waals surface area (Å²) < 4.78 is 0. The third-order valence-corrected chi connectivity index (χ3v) is 6.98. The Kier molecular flexibility index (Phi) is 10.2. The summed E-state index contributed by atoms with van der Waals surface area (Å²) in [5, 5.41) is 3.72. The van der Waals surface area contributed by atoms with E-state index in [4.69, 9.17) is 11.6 Å². The van der Waals surface area contributed by atoms with Gasteiger partial charge in [0.25, 0.3) is 0 Å². The number of nitrogens with one attached hydrogen (secondary N) is 1. The van der Waals surface area contributed by atoms with Crippen LogP contribution in [0.1, 0.15) is 30.5 Å². The fourth-order valence-corrected chi connectivity index (χ4v) is 4.62. The van der Waals surface area contributed by atoms with Crippen LogP contribution in [0.4, 0.5) is 0 Å². The predicted molar refractivity (Wildman–Crippen MR) is 146 cm³/mol. The Balaban J connectivity index is 1.90. The van der Waals surface area contributed by atoms with Gasteiger partial charge in [0.2, 0.25) is 11.8 Å². The molecule has 35 heavy (non-hydrogen) atoms. The summed E-state index contributed by atoms with van der Waals surface area (Å²) >= 11 is 7.46. The predicted octanol–water partition coefficient (Wildman–Crippen LogP) is 6.15. The van der Waals surface area contributed by atoms with E-state index in [2.05, 4.69) is 19.2 Å². The number of thioether (sulfide) groups is 1. The van der Waals surface area contributed by atoms with E-state index in [1.54, 1.807) is 4.90 Å². The second kappa shape index (κ2) is 13.4. The van der Waals surface area contributed by atoms with E-state index in [-0.39, 0.29) is 17.6 Å². The molecule has 3 aromatic rings. The van der Waals surface area contributed by atoms with E-state index in [0.29, 0.717) is 30.5 Å². The number of halogens is 1. The molecular formula is C29H33ClN2O2S. The Hall–Kier alpha value is -2.76. The minimum Gasteiger partial charge on any atom is -0.354 e. The van der Waals surface area contributed by atoms with Crippen molar-refractivity contribution in [3.05, 3.63) is 101 Å². The smallest absolute Gasteiger partial charge is 0.243 e. The number of carbonyl (C=O) groups excluding carboxylic acids is 2. The molecule has 0 aliphatic heterocycles. The molecule has 1 atom stereocenters. The summed E-state index contributed by atoms with van der Waals surface area (Å²) in [5.41, 5.74) is 3.15. The van der Waals surface area contributed by atoms with Crippen LogP contribution in [0.5, 0.6) is 0 Å². The van der Waals surface area contributed by atoms with Gasteiger partial charge in [-0.2, -0.15) is 0 Å². The highest BCUT2D eigenvalue weighted by atomic mass is 35.5. The summed E-state index contributed by atoms with van der Waals surface area (Å²) in [6.45, 7) is 7.10. The molecule has 0 bridgehead atoms. The fourth-order valence-electron chi connectivity index (χ4n) is 3.71. The molecule has 0 unspecified atom stereocenters. The number of aryl methyl sites for hydroxylation is 1. The largest absolute Gasteiger partial charge is 0.354 e. The number of benzene rings is 3. The lowest BCUT2D eigenvalue weighted by atomic mass is 10.0. The van der Waals surface area contributed by atoms with Crippen molar-refractivity contribution in [2.24, 2.45) is 5.92 Å². The number of rotatable bonds is 11. The number of carbonyl (C=O) groups is 2. The maximum Gasteiger partial charge on any atom is 0.243 e. The molecule has 0 radical (unpaired) electrons. The normalized spacial score (nSPS) is 11.8. The van der Waals surface area contributed by atoms with E-state index in [9.17, 15) is 9.59 Å². The molecule has 0 heterocycles. The molecule has 3 rings (SSSR count). The van der Waals surface area contributed by atoms with E-state index in [0.717, 1.165) is 21.6 Å². The van der Waals surface area contributed by atoms with Crippen molar-refractivity contribution in [1.29, 1.82) is 0 Å². The first-order valence-electron chi connectivity index (χ1n) is 11.9. The second-order valence-electron chi connectivity index (χ2n) is 9.04. The molecule has 6 heteroatoms. The van der Waals surface area contributed by atoms with E-state index in [1.807, 2.05) is 85.8 Å². The van der Waals surface area contributed by atoms with E-state index >= 15 is 0 Å². The molecule has 0 saturated heterocycles. The van der Waals surface area contributed by atoms with Crippen molar-refractivity contribution in [3.63, 3.8) is 0 Å². The van der Waals surface area contributed by atoms with E-state index < -0.39 is 6.04 Å². The number of hydrogen-bond acceptors (Lipinski definition) is 3. The molecule has 0 aliphatic carbocycles. The van der Waals surface area contributed by atoms with Gasteiger partial charge in [-0.15, -0.1) is 11.8 Å². The maximum atomic E-state index is 13.7. The van der Waals surface area contributed by atoms with Crippen molar-refractivity contribution in [3.8, 4) is 0 Å². The van der Waals surface area contributed by atoms with Crippen LogP contribution in [-0.2, 0) is 22.6 Å². The molecule has 184 valence electrons. The summed E-state index contributed by atoms with van der Waals surface area (Å²) in [6.07, 6.45) is 0.452. The van der Waals surface area contributed by atoms with Gasteiger partial charge in [0.05, 0.1) is 5.75 Å². The first-order chi connectivity index (χ1) is 16.8. The number of nitrogens with zero attached hydrogens (tertiary/aromatic N) is 1. The van der Waals surface area contributed by atoms with Crippen LogP contribution in [0.15, 0.2) is 83.8 Å². The molecule has 0 spiro atoms. The highest BCUT2D eigenvalue weighted by Crippen LogP contribution is 2.23. The third-order valence-electron chi connectivity index (χ3n) is 5.73. The molecule has 0 fully saturated rings. The zero-order valence-electron chi connectivity index (χ0n) is 20.5. The topological polar surface area (TPSA) is 49.4 Å². The van der Waals surface area contributed by atoms with Crippen molar-refractivity contribution < 1.29 is 9.59 Å². The summed E-state index contributed by atoms with van der Waals surface area (Å²) in [5.74, 6) is 0.350. The van der Waals surface area contributed by atoms with Crippen LogP contribution < -0.4 is 5.32 Å². The third kappa shape index (κ3) is 8.44. The van der Waals surface area contributed by atoms with Crippen LogP contribution in [-0.4, -0.2) is 35.1 Å². The first kappa shape index (κ1) is 26.8. The molecule has 0 saturated carbocycles. The first-order valence-corrected chi connectivity index (χ1v) is 13.2. The Labute approximate surface area is 218 Å². The lowest BCUT2D eigenvalue weighted by Crippen LogP contribution is -2.51. The zero-order valence-corrected chi connectivity index (χ0v) is 22.1. The Morgan fingerprint density at radius 3 is 2.26 bits per heavy atom.